The van der Waals surface area contributed by atoms with Gasteiger partial charge in [0.25, 0.3) is 5.91 Å². The van der Waals surface area contributed by atoms with Crippen LogP contribution in [0.4, 0.5) is 0 Å². The third-order valence-electron chi connectivity index (χ3n) is 5.59. The Labute approximate surface area is 215 Å². The van der Waals surface area contributed by atoms with Crippen molar-refractivity contribution in [2.24, 2.45) is 5.10 Å². The van der Waals surface area contributed by atoms with Crippen LogP contribution in [0.3, 0.4) is 0 Å². The van der Waals surface area contributed by atoms with E-state index in [0.717, 1.165) is 8.61 Å². The first-order valence-corrected chi connectivity index (χ1v) is 14.2. The van der Waals surface area contributed by atoms with Crippen molar-refractivity contribution < 1.29 is 21.6 Å². The smallest absolute Gasteiger partial charge is 0.259 e. The van der Waals surface area contributed by atoms with Crippen LogP contribution in [0.15, 0.2) is 99.8 Å². The van der Waals surface area contributed by atoms with Crippen LogP contribution in [0.2, 0.25) is 5.02 Å². The molecule has 0 saturated carbocycles. The lowest BCUT2D eigenvalue weighted by molar-refractivity contribution is -0.125. The minimum Gasteiger partial charge on any atom is -0.271 e. The molecule has 3 aromatic carbocycles. The second-order valence-electron chi connectivity index (χ2n) is 7.91. The number of halogens is 1. The highest BCUT2D eigenvalue weighted by molar-refractivity contribution is 7.89. The molecule has 1 amide bonds. The quantitative estimate of drug-likeness (QED) is 0.361. The molecule has 0 aliphatic carbocycles. The number of rotatable bonds is 7. The fraction of sp³-hybridized carbons (Fsp3) is 0.167. The summed E-state index contributed by atoms with van der Waals surface area (Å²) in [4.78, 5) is 13.2. The zero-order valence-electron chi connectivity index (χ0n) is 18.9. The van der Waals surface area contributed by atoms with Crippen molar-refractivity contribution in [1.29, 1.82) is 0 Å². The number of benzene rings is 3. The lowest BCUT2D eigenvalue weighted by atomic mass is 10.2. The van der Waals surface area contributed by atoms with Crippen molar-refractivity contribution in [3.05, 3.63) is 95.5 Å². The maximum Gasteiger partial charge on any atom is 0.259 e. The lowest BCUT2D eigenvalue weighted by Gasteiger charge is -2.38. The zero-order chi connectivity index (χ0) is 25.8. The summed E-state index contributed by atoms with van der Waals surface area (Å²) in [5, 5.41) is 4.47. The van der Waals surface area contributed by atoms with E-state index in [-0.39, 0.29) is 29.4 Å². The van der Waals surface area contributed by atoms with Crippen molar-refractivity contribution in [3.63, 3.8) is 0 Å². The van der Waals surface area contributed by atoms with Crippen LogP contribution in [0.1, 0.15) is 5.56 Å². The van der Waals surface area contributed by atoms with E-state index in [1.807, 2.05) is 0 Å². The van der Waals surface area contributed by atoms with Crippen LogP contribution in [0.5, 0.6) is 0 Å². The van der Waals surface area contributed by atoms with Gasteiger partial charge in [-0.05, 0) is 42.0 Å². The van der Waals surface area contributed by atoms with Crippen molar-refractivity contribution >= 4 is 43.8 Å². The van der Waals surface area contributed by atoms with Crippen molar-refractivity contribution in [2.75, 3.05) is 19.6 Å². The van der Waals surface area contributed by atoms with Gasteiger partial charge in [-0.25, -0.2) is 22.3 Å². The van der Waals surface area contributed by atoms with Gasteiger partial charge in [0.1, 0.15) is 6.04 Å². The number of sulfonamides is 2. The van der Waals surface area contributed by atoms with Crippen molar-refractivity contribution in [1.82, 2.24) is 14.0 Å². The van der Waals surface area contributed by atoms with E-state index < -0.39 is 32.0 Å². The number of nitrogens with zero attached hydrogens (tertiary/aromatic N) is 3. The zero-order valence-corrected chi connectivity index (χ0v) is 21.3. The first-order chi connectivity index (χ1) is 17.2. The van der Waals surface area contributed by atoms with Gasteiger partial charge < -0.3 is 0 Å². The monoisotopic (exact) mass is 546 g/mol. The first-order valence-electron chi connectivity index (χ1n) is 10.9. The summed E-state index contributed by atoms with van der Waals surface area (Å²) >= 11 is 5.87. The van der Waals surface area contributed by atoms with E-state index in [1.165, 1.54) is 30.5 Å². The number of carbonyl (C=O) groups excluding carboxylic acids is 1. The second kappa shape index (κ2) is 10.9. The molecule has 1 aliphatic rings. The van der Waals surface area contributed by atoms with E-state index in [0.29, 0.717) is 10.6 Å². The van der Waals surface area contributed by atoms with Crippen LogP contribution < -0.4 is 5.43 Å². The van der Waals surface area contributed by atoms with Crippen LogP contribution in [-0.4, -0.2) is 63.2 Å². The maximum absolute atomic E-state index is 13.4. The average Bonchev–Trinajstić information content (AvgIpc) is 2.90. The minimum atomic E-state index is -4.09. The van der Waals surface area contributed by atoms with E-state index >= 15 is 0 Å². The predicted molar refractivity (Wildman–Crippen MR) is 137 cm³/mol. The van der Waals surface area contributed by atoms with Gasteiger partial charge in [0.05, 0.1) is 16.0 Å². The number of piperazine rings is 1. The Hall–Kier alpha value is -3.09. The number of hydrogen-bond acceptors (Lipinski definition) is 6. The SMILES string of the molecule is O=C(N/N=C\c1ccc(Cl)cc1)[C@H]1CN(S(=O)(=O)c2ccccc2)CCN1S(=O)(=O)c1ccccc1. The lowest BCUT2D eigenvalue weighted by Crippen LogP contribution is -2.60. The van der Waals surface area contributed by atoms with Gasteiger partial charge in [0.2, 0.25) is 20.0 Å². The molecule has 1 aliphatic heterocycles. The summed E-state index contributed by atoms with van der Waals surface area (Å²) in [6.07, 6.45) is 1.38. The molecular formula is C24H23ClN4O5S2. The number of hydrogen-bond donors (Lipinski definition) is 1. The minimum absolute atomic E-state index is 0.00633. The van der Waals surface area contributed by atoms with Gasteiger partial charge in [-0.1, -0.05) is 60.1 Å². The van der Waals surface area contributed by atoms with E-state index in [4.69, 9.17) is 11.6 Å². The summed E-state index contributed by atoms with van der Waals surface area (Å²) in [5.74, 6) is -0.757. The summed E-state index contributed by atoms with van der Waals surface area (Å²) in [6.45, 7) is -0.686. The first kappa shape index (κ1) is 26.0. The topological polar surface area (TPSA) is 116 Å². The molecular weight excluding hydrogens is 524 g/mol. The third kappa shape index (κ3) is 5.66. The molecule has 1 atom stereocenters. The van der Waals surface area contributed by atoms with Gasteiger partial charge in [-0.3, -0.25) is 4.79 Å². The molecule has 3 aromatic rings. The molecule has 36 heavy (non-hydrogen) atoms. The molecule has 0 bridgehead atoms. The molecule has 0 radical (unpaired) electrons. The molecule has 12 heteroatoms. The number of nitrogens with one attached hydrogen (secondary N) is 1. The van der Waals surface area contributed by atoms with Gasteiger partial charge in [0.15, 0.2) is 0 Å². The third-order valence-corrected chi connectivity index (χ3v) is 9.64. The maximum atomic E-state index is 13.4. The Morgan fingerprint density at radius 2 is 1.39 bits per heavy atom. The Kier molecular flexibility index (Phi) is 7.86. The molecule has 9 nitrogen and oxygen atoms in total. The Bertz CT molecular complexity index is 1450. The van der Waals surface area contributed by atoms with Crippen molar-refractivity contribution in [3.8, 4) is 0 Å². The van der Waals surface area contributed by atoms with Gasteiger partial charge in [0, 0.05) is 24.7 Å². The highest BCUT2D eigenvalue weighted by Crippen LogP contribution is 2.25. The molecule has 188 valence electrons. The highest BCUT2D eigenvalue weighted by atomic mass is 35.5. The van der Waals surface area contributed by atoms with Crippen molar-refractivity contribution in [2.45, 2.75) is 15.8 Å². The number of carbonyl (C=O) groups is 1. The predicted octanol–water partition coefficient (Wildman–Crippen LogP) is 2.55. The van der Waals surface area contributed by atoms with Crippen LogP contribution >= 0.6 is 11.6 Å². The molecule has 4 rings (SSSR count). The highest BCUT2D eigenvalue weighted by Gasteiger charge is 2.43. The average molecular weight is 547 g/mol. The number of amides is 1. The van der Waals surface area contributed by atoms with Gasteiger partial charge in [-0.15, -0.1) is 0 Å². The molecule has 1 saturated heterocycles. The van der Waals surface area contributed by atoms with Gasteiger partial charge >= 0.3 is 0 Å². The van der Waals surface area contributed by atoms with Crippen LogP contribution in [0.25, 0.3) is 0 Å². The molecule has 0 aromatic heterocycles. The standard InChI is InChI=1S/C24H23ClN4O5S2/c25-20-13-11-19(12-14-20)17-26-27-24(30)23-18-28(35(31,32)21-7-3-1-4-8-21)15-16-29(23)36(33,34)22-9-5-2-6-10-22/h1-14,17,23H,15-16,18H2,(H,27,30)/b26-17-/t23-/m1/s1. The summed E-state index contributed by atoms with van der Waals surface area (Å²) < 4.78 is 55.3. The fourth-order valence-corrected chi connectivity index (χ4v) is 6.90. The molecule has 1 fully saturated rings. The number of hydrazone groups is 1. The summed E-state index contributed by atoms with van der Waals surface area (Å²) in [5.41, 5.74) is 3.01. The van der Waals surface area contributed by atoms with E-state index in [2.05, 4.69) is 10.5 Å². The Morgan fingerprint density at radius 1 is 0.833 bits per heavy atom. The molecule has 1 N–H and O–H groups in total. The largest absolute Gasteiger partial charge is 0.271 e. The Morgan fingerprint density at radius 3 is 1.97 bits per heavy atom. The molecule has 0 unspecified atom stereocenters. The summed E-state index contributed by atoms with van der Waals surface area (Å²) in [7, 11) is -8.04. The van der Waals surface area contributed by atoms with Crippen LogP contribution in [-0.2, 0) is 24.8 Å². The normalized spacial score (nSPS) is 17.8. The fourth-order valence-electron chi connectivity index (χ4n) is 3.72. The molecule has 1 heterocycles. The Balaban J connectivity index is 1.62. The second-order valence-corrected chi connectivity index (χ2v) is 12.2. The van der Waals surface area contributed by atoms with E-state index in [9.17, 15) is 21.6 Å². The molecule has 0 spiro atoms. The van der Waals surface area contributed by atoms with E-state index in [1.54, 1.807) is 60.7 Å². The van der Waals surface area contributed by atoms with Crippen LogP contribution in [0, 0.1) is 0 Å². The van der Waals surface area contributed by atoms with Gasteiger partial charge in [-0.2, -0.15) is 13.7 Å². The summed E-state index contributed by atoms with van der Waals surface area (Å²) in [6, 6.07) is 20.8.